The van der Waals surface area contributed by atoms with Crippen molar-refractivity contribution in [2.75, 3.05) is 26.2 Å². The molecule has 0 atom stereocenters. The summed E-state index contributed by atoms with van der Waals surface area (Å²) in [7, 11) is 0. The maximum Gasteiger partial charge on any atom is -0.00489 e. The van der Waals surface area contributed by atoms with Crippen molar-refractivity contribution in [2.24, 2.45) is 0 Å². The van der Waals surface area contributed by atoms with Gasteiger partial charge in [0.15, 0.2) is 0 Å². The third kappa shape index (κ3) is 21.9. The fourth-order valence-electron chi connectivity index (χ4n) is 3.16. The quantitative estimate of drug-likeness (QED) is 0.235. The smallest absolute Gasteiger partial charge is 0.00489 e. The van der Waals surface area contributed by atoms with E-state index in [0.717, 1.165) is 0 Å². The summed E-state index contributed by atoms with van der Waals surface area (Å²) < 4.78 is 0. The van der Waals surface area contributed by atoms with E-state index in [9.17, 15) is 0 Å². The van der Waals surface area contributed by atoms with Crippen LogP contribution in [-0.2, 0) is 0 Å². The summed E-state index contributed by atoms with van der Waals surface area (Å²) in [6.07, 6.45) is 22.3. The second-order valence-corrected chi connectivity index (χ2v) is 7.45. The van der Waals surface area contributed by atoms with Crippen LogP contribution in [0.5, 0.6) is 0 Å². The monoisotopic (exact) mass is 340 g/mol. The summed E-state index contributed by atoms with van der Waals surface area (Å²) in [5, 5.41) is 7.19. The van der Waals surface area contributed by atoms with Gasteiger partial charge in [0, 0.05) is 0 Å². The topological polar surface area (TPSA) is 24.1 Å². The van der Waals surface area contributed by atoms with E-state index in [1.54, 1.807) is 0 Å². The molecule has 0 aliphatic rings. The van der Waals surface area contributed by atoms with Gasteiger partial charge in [-0.05, 0) is 51.9 Å². The lowest BCUT2D eigenvalue weighted by Crippen LogP contribution is -2.17. The fraction of sp³-hybridized carbons (Fsp3) is 1.00. The predicted molar refractivity (Wildman–Crippen MR) is 111 cm³/mol. The summed E-state index contributed by atoms with van der Waals surface area (Å²) in [6.45, 7) is 9.48. The van der Waals surface area contributed by atoms with Gasteiger partial charge in [-0.25, -0.2) is 0 Å². The first-order valence-corrected chi connectivity index (χ1v) is 11.3. The SMILES string of the molecule is CCCCCCCNCCCCCCCCNCCCCCCC. The molecule has 0 unspecified atom stereocenters. The van der Waals surface area contributed by atoms with E-state index in [2.05, 4.69) is 24.5 Å². The molecule has 24 heavy (non-hydrogen) atoms. The molecule has 0 amide bonds. The van der Waals surface area contributed by atoms with Crippen LogP contribution >= 0.6 is 0 Å². The van der Waals surface area contributed by atoms with E-state index >= 15 is 0 Å². The summed E-state index contributed by atoms with van der Waals surface area (Å²) in [5.41, 5.74) is 0. The number of hydrogen-bond donors (Lipinski definition) is 2. The fourth-order valence-corrected chi connectivity index (χ4v) is 3.16. The summed E-state index contributed by atoms with van der Waals surface area (Å²) >= 11 is 0. The first-order chi connectivity index (χ1) is 11.9. The molecule has 0 rings (SSSR count). The molecule has 0 bridgehead atoms. The highest BCUT2D eigenvalue weighted by Crippen LogP contribution is 2.05. The molecule has 2 N–H and O–H groups in total. The Hall–Kier alpha value is -0.0800. The first kappa shape index (κ1) is 23.9. The van der Waals surface area contributed by atoms with E-state index < -0.39 is 0 Å². The number of hydrogen-bond acceptors (Lipinski definition) is 2. The normalized spacial score (nSPS) is 11.2. The van der Waals surface area contributed by atoms with Gasteiger partial charge in [0.05, 0.1) is 0 Å². The zero-order valence-corrected chi connectivity index (χ0v) is 17.1. The molecule has 146 valence electrons. The minimum Gasteiger partial charge on any atom is -0.317 e. The van der Waals surface area contributed by atoms with Crippen LogP contribution in [-0.4, -0.2) is 26.2 Å². The molecule has 0 aromatic rings. The van der Waals surface area contributed by atoms with Gasteiger partial charge in [0.2, 0.25) is 0 Å². The molecule has 0 aliphatic carbocycles. The third-order valence-corrected chi connectivity index (χ3v) is 4.87. The van der Waals surface area contributed by atoms with Gasteiger partial charge in [0.25, 0.3) is 0 Å². The lowest BCUT2D eigenvalue weighted by Gasteiger charge is -2.06. The molecule has 0 saturated carbocycles. The Morgan fingerprint density at radius 1 is 0.333 bits per heavy atom. The van der Waals surface area contributed by atoms with Gasteiger partial charge in [-0.2, -0.15) is 0 Å². The van der Waals surface area contributed by atoms with Gasteiger partial charge >= 0.3 is 0 Å². The first-order valence-electron chi connectivity index (χ1n) is 11.3. The highest BCUT2D eigenvalue weighted by Gasteiger charge is 1.94. The van der Waals surface area contributed by atoms with Crippen molar-refractivity contribution in [3.8, 4) is 0 Å². The average Bonchev–Trinajstić information content (AvgIpc) is 2.60. The number of nitrogens with one attached hydrogen (secondary N) is 2. The van der Waals surface area contributed by atoms with Crippen LogP contribution in [0.25, 0.3) is 0 Å². The van der Waals surface area contributed by atoms with E-state index in [4.69, 9.17) is 0 Å². The molecule has 2 heteroatoms. The van der Waals surface area contributed by atoms with Gasteiger partial charge in [-0.3, -0.25) is 0 Å². The molecule has 0 heterocycles. The van der Waals surface area contributed by atoms with Crippen LogP contribution in [0.15, 0.2) is 0 Å². The standard InChI is InChI=1S/C22H48N2/c1-3-5-7-11-15-19-23-21-17-13-9-10-14-18-22-24-20-16-12-8-6-4-2/h23-24H,3-22H2,1-2H3. The van der Waals surface area contributed by atoms with E-state index in [-0.39, 0.29) is 0 Å². The number of rotatable bonds is 21. The Kier molecular flexibility index (Phi) is 22.8. The summed E-state index contributed by atoms with van der Waals surface area (Å²) in [6, 6.07) is 0. The maximum atomic E-state index is 3.60. The lowest BCUT2D eigenvalue weighted by molar-refractivity contribution is 0.530. The second kappa shape index (κ2) is 22.9. The van der Waals surface area contributed by atoms with Gasteiger partial charge in [-0.15, -0.1) is 0 Å². The predicted octanol–water partition coefficient (Wildman–Crippen LogP) is 6.45. The van der Waals surface area contributed by atoms with Crippen LogP contribution in [0.4, 0.5) is 0 Å². The van der Waals surface area contributed by atoms with Crippen molar-refractivity contribution in [3.63, 3.8) is 0 Å². The molecule has 2 nitrogen and oxygen atoms in total. The van der Waals surface area contributed by atoms with E-state index in [0.29, 0.717) is 0 Å². The van der Waals surface area contributed by atoms with Crippen LogP contribution in [0.3, 0.4) is 0 Å². The Balaban J connectivity index is 2.93. The molecule has 0 aromatic heterocycles. The van der Waals surface area contributed by atoms with Crippen molar-refractivity contribution < 1.29 is 0 Å². The highest BCUT2D eigenvalue weighted by atomic mass is 14.8. The van der Waals surface area contributed by atoms with Crippen LogP contribution in [0.1, 0.15) is 117 Å². The van der Waals surface area contributed by atoms with Crippen LogP contribution in [0, 0.1) is 0 Å². The van der Waals surface area contributed by atoms with Gasteiger partial charge in [-0.1, -0.05) is 90.9 Å². The van der Waals surface area contributed by atoms with Gasteiger partial charge in [0.1, 0.15) is 0 Å². The molecular weight excluding hydrogens is 292 g/mol. The highest BCUT2D eigenvalue weighted by molar-refractivity contribution is 4.53. The second-order valence-electron chi connectivity index (χ2n) is 7.45. The molecule has 0 spiro atoms. The summed E-state index contributed by atoms with van der Waals surface area (Å²) in [5.74, 6) is 0. The zero-order chi connectivity index (χ0) is 17.6. The van der Waals surface area contributed by atoms with Crippen molar-refractivity contribution in [3.05, 3.63) is 0 Å². The van der Waals surface area contributed by atoms with Crippen molar-refractivity contribution in [1.29, 1.82) is 0 Å². The minimum atomic E-state index is 1.23. The minimum absolute atomic E-state index is 1.23. The Morgan fingerprint density at radius 2 is 0.583 bits per heavy atom. The Bertz CT molecular complexity index is 184. The van der Waals surface area contributed by atoms with Crippen molar-refractivity contribution in [1.82, 2.24) is 10.6 Å². The van der Waals surface area contributed by atoms with Crippen molar-refractivity contribution in [2.45, 2.75) is 117 Å². The molecule has 0 radical (unpaired) electrons. The zero-order valence-electron chi connectivity index (χ0n) is 17.1. The number of unbranched alkanes of at least 4 members (excludes halogenated alkanes) is 13. The Labute approximate surface area is 154 Å². The molecular formula is C22H48N2. The molecule has 0 fully saturated rings. The lowest BCUT2D eigenvalue weighted by atomic mass is 10.1. The van der Waals surface area contributed by atoms with Crippen LogP contribution < -0.4 is 10.6 Å². The van der Waals surface area contributed by atoms with E-state index in [1.165, 1.54) is 129 Å². The largest absolute Gasteiger partial charge is 0.317 e. The molecule has 0 aliphatic heterocycles. The Morgan fingerprint density at radius 3 is 0.875 bits per heavy atom. The third-order valence-electron chi connectivity index (χ3n) is 4.87. The average molecular weight is 341 g/mol. The molecule has 0 saturated heterocycles. The van der Waals surface area contributed by atoms with E-state index in [1.807, 2.05) is 0 Å². The van der Waals surface area contributed by atoms with Crippen molar-refractivity contribution >= 4 is 0 Å². The maximum absolute atomic E-state index is 3.60. The van der Waals surface area contributed by atoms with Gasteiger partial charge < -0.3 is 10.6 Å². The molecule has 0 aromatic carbocycles. The summed E-state index contributed by atoms with van der Waals surface area (Å²) in [4.78, 5) is 0. The van der Waals surface area contributed by atoms with Crippen LogP contribution in [0.2, 0.25) is 0 Å².